The third-order valence-corrected chi connectivity index (χ3v) is 3.80. The van der Waals surface area contributed by atoms with Crippen LogP contribution >= 0.6 is 0 Å². The largest absolute Gasteiger partial charge is 0.452 e. The summed E-state index contributed by atoms with van der Waals surface area (Å²) in [6.45, 7) is -0.261. The van der Waals surface area contributed by atoms with Crippen LogP contribution in [0.4, 0.5) is 0 Å². The summed E-state index contributed by atoms with van der Waals surface area (Å²) in [6, 6.07) is 17.4. The van der Waals surface area contributed by atoms with E-state index in [4.69, 9.17) is 4.74 Å². The number of esters is 1. The third-order valence-electron chi connectivity index (χ3n) is 3.80. The number of rotatable bonds is 3. The Labute approximate surface area is 134 Å². The minimum atomic E-state index is -0.479. The molecule has 3 aromatic rings. The molecular formula is C19H17NO3. The molecule has 0 unspecified atom stereocenters. The Morgan fingerprint density at radius 1 is 0.913 bits per heavy atom. The van der Waals surface area contributed by atoms with E-state index < -0.39 is 5.97 Å². The fourth-order valence-corrected chi connectivity index (χ4v) is 2.56. The van der Waals surface area contributed by atoms with Crippen LogP contribution in [0.15, 0.2) is 54.6 Å². The molecule has 4 nitrogen and oxygen atoms in total. The van der Waals surface area contributed by atoms with Crippen LogP contribution in [0.1, 0.15) is 10.4 Å². The Morgan fingerprint density at radius 3 is 1.96 bits per heavy atom. The first-order chi connectivity index (χ1) is 11.1. The van der Waals surface area contributed by atoms with Crippen LogP contribution in [0, 0.1) is 0 Å². The predicted molar refractivity (Wildman–Crippen MR) is 90.4 cm³/mol. The second kappa shape index (κ2) is 6.08. The van der Waals surface area contributed by atoms with Crippen LogP contribution in [0.25, 0.3) is 21.5 Å². The molecule has 0 aliphatic carbocycles. The lowest BCUT2D eigenvalue weighted by Crippen LogP contribution is -2.27. The van der Waals surface area contributed by atoms with E-state index in [1.165, 1.54) is 4.90 Å². The molecule has 0 spiro atoms. The zero-order chi connectivity index (χ0) is 16.4. The van der Waals surface area contributed by atoms with E-state index in [9.17, 15) is 9.59 Å². The van der Waals surface area contributed by atoms with Crippen molar-refractivity contribution in [2.75, 3.05) is 20.7 Å². The van der Waals surface area contributed by atoms with Gasteiger partial charge in [0.25, 0.3) is 5.91 Å². The summed E-state index contributed by atoms with van der Waals surface area (Å²) in [5.41, 5.74) is 0.505. The number of nitrogens with zero attached hydrogens (tertiary/aromatic N) is 1. The van der Waals surface area contributed by atoms with Crippen molar-refractivity contribution in [2.45, 2.75) is 0 Å². The summed E-state index contributed by atoms with van der Waals surface area (Å²) in [5, 5.41) is 3.59. The molecule has 116 valence electrons. The van der Waals surface area contributed by atoms with Crippen molar-refractivity contribution in [1.82, 2.24) is 4.90 Å². The first-order valence-corrected chi connectivity index (χ1v) is 7.35. The highest BCUT2D eigenvalue weighted by Gasteiger charge is 2.17. The molecule has 23 heavy (non-hydrogen) atoms. The van der Waals surface area contributed by atoms with E-state index in [0.717, 1.165) is 21.5 Å². The number of ether oxygens (including phenoxy) is 1. The number of fused-ring (bicyclic) bond motifs is 2. The minimum absolute atomic E-state index is 0.247. The van der Waals surface area contributed by atoms with E-state index in [0.29, 0.717) is 5.56 Å². The topological polar surface area (TPSA) is 46.6 Å². The van der Waals surface area contributed by atoms with Crippen molar-refractivity contribution in [3.8, 4) is 0 Å². The van der Waals surface area contributed by atoms with Gasteiger partial charge in [0.15, 0.2) is 6.61 Å². The standard InChI is InChI=1S/C19H17NO3/c1-20(2)17(21)12-23-19(22)18-15-9-5-3-7-13(15)11-14-8-4-6-10-16(14)18/h3-11H,12H2,1-2H3. The molecule has 3 aromatic carbocycles. The van der Waals surface area contributed by atoms with Crippen LogP contribution < -0.4 is 0 Å². The lowest BCUT2D eigenvalue weighted by molar-refractivity contribution is -0.131. The van der Waals surface area contributed by atoms with Crippen LogP contribution in [0.3, 0.4) is 0 Å². The van der Waals surface area contributed by atoms with Gasteiger partial charge in [0.1, 0.15) is 0 Å². The number of amides is 1. The first-order valence-electron chi connectivity index (χ1n) is 7.35. The van der Waals surface area contributed by atoms with Crippen LogP contribution in [-0.2, 0) is 9.53 Å². The molecule has 0 heterocycles. The van der Waals surface area contributed by atoms with E-state index in [1.54, 1.807) is 14.1 Å². The SMILES string of the molecule is CN(C)C(=O)COC(=O)c1c2ccccc2cc2ccccc12. The maximum absolute atomic E-state index is 12.6. The third kappa shape index (κ3) is 2.88. The smallest absolute Gasteiger partial charge is 0.339 e. The van der Waals surface area contributed by atoms with Crippen molar-refractivity contribution < 1.29 is 14.3 Å². The zero-order valence-corrected chi connectivity index (χ0v) is 13.1. The highest BCUT2D eigenvalue weighted by molar-refractivity contribution is 6.16. The van der Waals surface area contributed by atoms with Gasteiger partial charge < -0.3 is 9.64 Å². The molecule has 0 bridgehead atoms. The van der Waals surface area contributed by atoms with Crippen molar-refractivity contribution >= 4 is 33.4 Å². The molecule has 3 rings (SSSR count). The van der Waals surface area contributed by atoms with Gasteiger partial charge in [-0.05, 0) is 27.6 Å². The zero-order valence-electron chi connectivity index (χ0n) is 13.1. The molecule has 0 aliphatic rings. The van der Waals surface area contributed by atoms with E-state index in [-0.39, 0.29) is 12.5 Å². The van der Waals surface area contributed by atoms with Gasteiger partial charge in [-0.25, -0.2) is 4.79 Å². The summed E-state index contributed by atoms with van der Waals surface area (Å²) in [5.74, 6) is -0.726. The number of likely N-dealkylation sites (N-methyl/N-ethyl adjacent to an activating group) is 1. The number of carbonyl (C=O) groups is 2. The lowest BCUT2D eigenvalue weighted by Gasteiger charge is -2.13. The summed E-state index contributed by atoms with van der Waals surface area (Å²) in [6.07, 6.45) is 0. The van der Waals surface area contributed by atoms with Gasteiger partial charge in [0, 0.05) is 14.1 Å². The van der Waals surface area contributed by atoms with E-state index in [1.807, 2.05) is 54.6 Å². The summed E-state index contributed by atoms with van der Waals surface area (Å²) in [7, 11) is 3.26. The minimum Gasteiger partial charge on any atom is -0.452 e. The molecule has 4 heteroatoms. The summed E-state index contributed by atoms with van der Waals surface area (Å²) < 4.78 is 5.24. The van der Waals surface area contributed by atoms with Crippen LogP contribution in [0.2, 0.25) is 0 Å². The quantitative estimate of drug-likeness (QED) is 0.551. The molecule has 1 amide bonds. The summed E-state index contributed by atoms with van der Waals surface area (Å²) >= 11 is 0. The molecule has 0 aromatic heterocycles. The Bertz CT molecular complexity index is 845. The normalized spacial score (nSPS) is 10.7. The average Bonchev–Trinajstić information content (AvgIpc) is 2.57. The maximum Gasteiger partial charge on any atom is 0.339 e. The van der Waals surface area contributed by atoms with Crippen LogP contribution in [0.5, 0.6) is 0 Å². The maximum atomic E-state index is 12.6. The van der Waals surface area contributed by atoms with E-state index >= 15 is 0 Å². The highest BCUT2D eigenvalue weighted by atomic mass is 16.5. The van der Waals surface area contributed by atoms with Crippen molar-refractivity contribution in [3.63, 3.8) is 0 Å². The molecule has 0 aliphatic heterocycles. The Balaban J connectivity index is 2.09. The highest BCUT2D eigenvalue weighted by Crippen LogP contribution is 2.29. The van der Waals surface area contributed by atoms with Crippen molar-refractivity contribution in [2.24, 2.45) is 0 Å². The molecular weight excluding hydrogens is 290 g/mol. The molecule has 0 N–H and O–H groups in total. The molecule has 0 saturated heterocycles. The lowest BCUT2D eigenvalue weighted by atomic mass is 9.97. The number of hydrogen-bond donors (Lipinski definition) is 0. The first kappa shape index (κ1) is 15.0. The fourth-order valence-electron chi connectivity index (χ4n) is 2.56. The number of benzene rings is 3. The molecule has 0 saturated carbocycles. The average molecular weight is 307 g/mol. The van der Waals surface area contributed by atoms with Crippen molar-refractivity contribution in [3.05, 3.63) is 60.2 Å². The van der Waals surface area contributed by atoms with Gasteiger partial charge in [-0.15, -0.1) is 0 Å². The van der Waals surface area contributed by atoms with Gasteiger partial charge in [-0.1, -0.05) is 48.5 Å². The monoisotopic (exact) mass is 307 g/mol. The van der Waals surface area contributed by atoms with E-state index in [2.05, 4.69) is 0 Å². The fraction of sp³-hybridized carbons (Fsp3) is 0.158. The Hall–Kier alpha value is -2.88. The predicted octanol–water partition coefficient (Wildman–Crippen LogP) is 3.24. The summed E-state index contributed by atoms with van der Waals surface area (Å²) in [4.78, 5) is 25.7. The van der Waals surface area contributed by atoms with Gasteiger partial charge in [-0.2, -0.15) is 0 Å². The van der Waals surface area contributed by atoms with Crippen LogP contribution in [-0.4, -0.2) is 37.5 Å². The molecule has 0 fully saturated rings. The Kier molecular flexibility index (Phi) is 3.98. The van der Waals surface area contributed by atoms with Gasteiger partial charge in [-0.3, -0.25) is 4.79 Å². The number of hydrogen-bond acceptors (Lipinski definition) is 3. The second-order valence-electron chi connectivity index (χ2n) is 5.56. The molecule has 0 radical (unpaired) electrons. The van der Waals surface area contributed by atoms with Gasteiger partial charge in [0.05, 0.1) is 5.56 Å². The Morgan fingerprint density at radius 2 is 1.43 bits per heavy atom. The van der Waals surface area contributed by atoms with Gasteiger partial charge in [0.2, 0.25) is 0 Å². The van der Waals surface area contributed by atoms with Gasteiger partial charge >= 0.3 is 5.97 Å². The second-order valence-corrected chi connectivity index (χ2v) is 5.56. The number of carbonyl (C=O) groups excluding carboxylic acids is 2. The molecule has 0 atom stereocenters. The van der Waals surface area contributed by atoms with Crippen molar-refractivity contribution in [1.29, 1.82) is 0 Å².